The number of pyridine rings is 1. The number of methoxy groups -OCH3 is 1. The van der Waals surface area contributed by atoms with Crippen LogP contribution >= 0.6 is 24.0 Å². The number of amides is 1. The Morgan fingerprint density at radius 3 is 2.49 bits per heavy atom. The Labute approximate surface area is 239 Å². The van der Waals surface area contributed by atoms with Crippen molar-refractivity contribution in [2.75, 3.05) is 51.3 Å². The molecule has 0 radical (unpaired) electrons. The number of rotatable bonds is 10. The van der Waals surface area contributed by atoms with Crippen LogP contribution in [0.25, 0.3) is 6.08 Å². The van der Waals surface area contributed by atoms with Gasteiger partial charge in [0.25, 0.3) is 11.5 Å². The largest absolute Gasteiger partial charge is 0.383 e. The van der Waals surface area contributed by atoms with Crippen LogP contribution in [0.1, 0.15) is 42.0 Å². The van der Waals surface area contributed by atoms with Gasteiger partial charge in [-0.3, -0.25) is 24.0 Å². The molecular weight excluding hydrogens is 530 g/mol. The molecule has 2 aromatic rings. The molecule has 10 heteroatoms. The van der Waals surface area contributed by atoms with E-state index in [2.05, 4.69) is 47.1 Å². The number of carbonyl (C=O) groups is 1. The molecule has 0 bridgehead atoms. The number of thiocarbonyl (C=S) groups is 1. The van der Waals surface area contributed by atoms with Crippen LogP contribution in [0, 0.1) is 18.3 Å². The van der Waals surface area contributed by atoms with Gasteiger partial charge in [0.05, 0.1) is 18.1 Å². The number of nitrogens with zero attached hydrogens (tertiary/aromatic N) is 5. The summed E-state index contributed by atoms with van der Waals surface area (Å²) in [5.41, 5.74) is 2.47. The molecule has 2 aliphatic rings. The highest BCUT2D eigenvalue weighted by Gasteiger charge is 2.33. The van der Waals surface area contributed by atoms with Gasteiger partial charge in [0, 0.05) is 51.9 Å². The maximum atomic E-state index is 13.5. The third-order valence-electron chi connectivity index (χ3n) is 7.17. The van der Waals surface area contributed by atoms with Crippen molar-refractivity contribution in [3.05, 3.63) is 67.8 Å². The number of ether oxygens (including phenoxy) is 1. The Kier molecular flexibility index (Phi) is 9.97. The van der Waals surface area contributed by atoms with Crippen molar-refractivity contribution in [3.8, 4) is 6.07 Å². The Morgan fingerprint density at radius 2 is 1.85 bits per heavy atom. The lowest BCUT2D eigenvalue weighted by atomic mass is 10.0. The van der Waals surface area contributed by atoms with E-state index in [1.54, 1.807) is 23.5 Å². The molecule has 0 aliphatic carbocycles. The minimum absolute atomic E-state index is 0.124. The standard InChI is InChI=1S/C29H35N5O3S2/c1-4-5-11-33-26(32-14-12-31(13-15-32)20-22-9-7-6-8-10-22)23(21(2)24(19-30)27(33)35)18-25-28(36)34(16-17-37-3)29(38)39-25/h6-10,18H,4-5,11-17,20H2,1-3H3. The predicted octanol–water partition coefficient (Wildman–Crippen LogP) is 4.00. The normalized spacial score (nSPS) is 17.3. The first kappa shape index (κ1) is 29.0. The smallest absolute Gasteiger partial charge is 0.270 e. The maximum Gasteiger partial charge on any atom is 0.270 e. The molecule has 3 heterocycles. The van der Waals surface area contributed by atoms with Crippen LogP contribution in [-0.2, 0) is 22.6 Å². The highest BCUT2D eigenvalue weighted by Crippen LogP contribution is 2.36. The van der Waals surface area contributed by atoms with Gasteiger partial charge in [-0.05, 0) is 30.5 Å². The van der Waals surface area contributed by atoms with Crippen LogP contribution in [0.5, 0.6) is 0 Å². The zero-order chi connectivity index (χ0) is 27.9. The fraction of sp³-hybridized carbons (Fsp3) is 0.448. The van der Waals surface area contributed by atoms with E-state index in [0.717, 1.165) is 56.9 Å². The molecule has 1 amide bonds. The number of unbranched alkanes of at least 4 members (excludes halogenated alkanes) is 1. The summed E-state index contributed by atoms with van der Waals surface area (Å²) in [5, 5.41) is 9.92. The van der Waals surface area contributed by atoms with E-state index in [4.69, 9.17) is 17.0 Å². The maximum absolute atomic E-state index is 13.5. The lowest BCUT2D eigenvalue weighted by Gasteiger charge is -2.38. The summed E-state index contributed by atoms with van der Waals surface area (Å²) in [6.07, 6.45) is 3.56. The summed E-state index contributed by atoms with van der Waals surface area (Å²) in [4.78, 5) is 33.5. The van der Waals surface area contributed by atoms with Crippen molar-refractivity contribution in [3.63, 3.8) is 0 Å². The van der Waals surface area contributed by atoms with E-state index in [1.807, 2.05) is 12.1 Å². The number of hydrogen-bond donors (Lipinski definition) is 0. The number of piperazine rings is 1. The number of anilines is 1. The van der Waals surface area contributed by atoms with E-state index in [1.165, 1.54) is 17.3 Å². The molecule has 8 nitrogen and oxygen atoms in total. The molecular formula is C29H35N5O3S2. The molecule has 1 aromatic carbocycles. The molecule has 0 unspecified atom stereocenters. The fourth-order valence-electron chi connectivity index (χ4n) is 4.97. The summed E-state index contributed by atoms with van der Waals surface area (Å²) in [7, 11) is 1.59. The number of thioether (sulfide) groups is 1. The minimum Gasteiger partial charge on any atom is -0.383 e. The number of hydrogen-bond acceptors (Lipinski definition) is 8. The molecule has 0 atom stereocenters. The summed E-state index contributed by atoms with van der Waals surface area (Å²) in [5.74, 6) is 0.608. The monoisotopic (exact) mass is 565 g/mol. The zero-order valence-electron chi connectivity index (χ0n) is 22.8. The Morgan fingerprint density at radius 1 is 1.13 bits per heavy atom. The highest BCUT2D eigenvalue weighted by molar-refractivity contribution is 8.26. The predicted molar refractivity (Wildman–Crippen MR) is 161 cm³/mol. The average Bonchev–Trinajstić information content (AvgIpc) is 3.21. The van der Waals surface area contributed by atoms with Crippen LogP contribution in [0.2, 0.25) is 0 Å². The molecule has 2 saturated heterocycles. The van der Waals surface area contributed by atoms with Crippen molar-refractivity contribution < 1.29 is 9.53 Å². The number of benzene rings is 1. The molecule has 2 fully saturated rings. The van der Waals surface area contributed by atoms with Gasteiger partial charge in [0.2, 0.25) is 0 Å². The average molecular weight is 566 g/mol. The molecule has 0 N–H and O–H groups in total. The van der Waals surface area contributed by atoms with Crippen LogP contribution in [-0.4, -0.2) is 71.0 Å². The Balaban J connectivity index is 1.73. The molecule has 0 spiro atoms. The summed E-state index contributed by atoms with van der Waals surface area (Å²) in [6, 6.07) is 12.5. The van der Waals surface area contributed by atoms with Gasteiger partial charge < -0.3 is 9.64 Å². The van der Waals surface area contributed by atoms with E-state index in [-0.39, 0.29) is 17.0 Å². The highest BCUT2D eigenvalue weighted by atomic mass is 32.2. The molecule has 4 rings (SSSR count). The number of aromatic nitrogens is 1. The number of nitriles is 1. The Hall–Kier alpha value is -2.97. The summed E-state index contributed by atoms with van der Waals surface area (Å²) in [6.45, 7) is 9.20. The lowest BCUT2D eigenvalue weighted by molar-refractivity contribution is -0.122. The van der Waals surface area contributed by atoms with Gasteiger partial charge in [0.15, 0.2) is 0 Å². The Bertz CT molecular complexity index is 1340. The van der Waals surface area contributed by atoms with Crippen LogP contribution in [0.15, 0.2) is 40.0 Å². The van der Waals surface area contributed by atoms with Crippen molar-refractivity contribution in [2.24, 2.45) is 0 Å². The topological polar surface area (TPSA) is 81.8 Å². The summed E-state index contributed by atoms with van der Waals surface area (Å²) >= 11 is 6.73. The van der Waals surface area contributed by atoms with Gasteiger partial charge in [-0.1, -0.05) is 67.7 Å². The molecule has 2 aliphatic heterocycles. The van der Waals surface area contributed by atoms with Gasteiger partial charge in [-0.2, -0.15) is 5.26 Å². The van der Waals surface area contributed by atoms with E-state index < -0.39 is 0 Å². The third kappa shape index (κ3) is 6.44. The minimum atomic E-state index is -0.269. The van der Waals surface area contributed by atoms with Crippen LogP contribution in [0.3, 0.4) is 0 Å². The van der Waals surface area contributed by atoms with Gasteiger partial charge in [-0.15, -0.1) is 0 Å². The van der Waals surface area contributed by atoms with Crippen molar-refractivity contribution >= 4 is 46.1 Å². The molecule has 206 valence electrons. The number of carbonyl (C=O) groups excluding carboxylic acids is 1. The van der Waals surface area contributed by atoms with Crippen LogP contribution in [0.4, 0.5) is 5.82 Å². The SMILES string of the molecule is CCCCn1c(N2CCN(Cc3ccccc3)CC2)c(C=C2SC(=S)N(CCOC)C2=O)c(C)c(C#N)c1=O. The molecule has 0 saturated carbocycles. The fourth-order valence-corrected chi connectivity index (χ4v) is 6.26. The van der Waals surface area contributed by atoms with Crippen molar-refractivity contribution in [1.29, 1.82) is 5.26 Å². The summed E-state index contributed by atoms with van der Waals surface area (Å²) < 4.78 is 7.38. The quantitative estimate of drug-likeness (QED) is 0.316. The first-order valence-electron chi connectivity index (χ1n) is 13.3. The second-order valence-corrected chi connectivity index (χ2v) is 11.4. The lowest BCUT2D eigenvalue weighted by Crippen LogP contribution is -2.48. The third-order valence-corrected chi connectivity index (χ3v) is 8.55. The first-order valence-corrected chi connectivity index (χ1v) is 14.5. The second kappa shape index (κ2) is 13.4. The van der Waals surface area contributed by atoms with Crippen molar-refractivity contribution in [2.45, 2.75) is 39.8 Å². The first-order chi connectivity index (χ1) is 18.9. The van der Waals surface area contributed by atoms with E-state index in [0.29, 0.717) is 34.5 Å². The zero-order valence-corrected chi connectivity index (χ0v) is 24.4. The second-order valence-electron chi connectivity index (χ2n) is 9.73. The molecule has 39 heavy (non-hydrogen) atoms. The molecule has 1 aromatic heterocycles. The van der Waals surface area contributed by atoms with Crippen molar-refractivity contribution in [1.82, 2.24) is 14.4 Å². The van der Waals surface area contributed by atoms with Gasteiger partial charge >= 0.3 is 0 Å². The van der Waals surface area contributed by atoms with E-state index >= 15 is 0 Å². The van der Waals surface area contributed by atoms with Gasteiger partial charge in [0.1, 0.15) is 21.8 Å². The van der Waals surface area contributed by atoms with Gasteiger partial charge in [-0.25, -0.2) is 0 Å². The van der Waals surface area contributed by atoms with E-state index in [9.17, 15) is 14.9 Å². The van der Waals surface area contributed by atoms with Crippen LogP contribution < -0.4 is 10.5 Å².